The molecule has 9 heteroatoms. The summed E-state index contributed by atoms with van der Waals surface area (Å²) in [5, 5.41) is 22.6. The zero-order chi connectivity index (χ0) is 23.0. The Hall–Kier alpha value is -4.04. The number of aliphatic hydroxyl groups is 1. The molecule has 2 aromatic carbocycles. The van der Waals surface area contributed by atoms with Gasteiger partial charge >= 0.3 is 0 Å². The van der Waals surface area contributed by atoms with Gasteiger partial charge in [-0.2, -0.15) is 0 Å². The van der Waals surface area contributed by atoms with Crippen molar-refractivity contribution in [1.29, 1.82) is 0 Å². The molecular weight excluding hydrogens is 434 g/mol. The van der Waals surface area contributed by atoms with Crippen LogP contribution in [0.25, 0.3) is 5.76 Å². The Morgan fingerprint density at radius 2 is 1.91 bits per heavy atom. The second kappa shape index (κ2) is 8.24. The number of rotatable bonds is 4. The molecule has 0 bridgehead atoms. The molecule has 1 fully saturated rings. The fourth-order valence-corrected chi connectivity index (χ4v) is 3.88. The highest BCUT2D eigenvalue weighted by atomic mass is 35.5. The average Bonchev–Trinajstić information content (AvgIpc) is 3.06. The molecule has 2 heterocycles. The number of carbonyl (C=O) groups excluding carboxylic acids is 2. The van der Waals surface area contributed by atoms with Crippen LogP contribution in [-0.2, 0) is 9.59 Å². The lowest BCUT2D eigenvalue weighted by molar-refractivity contribution is -0.384. The van der Waals surface area contributed by atoms with Crippen LogP contribution in [0.5, 0.6) is 0 Å². The summed E-state index contributed by atoms with van der Waals surface area (Å²) in [6, 6.07) is 12.5. The summed E-state index contributed by atoms with van der Waals surface area (Å²) in [5.41, 5.74) is 1.08. The van der Waals surface area contributed by atoms with E-state index in [2.05, 4.69) is 4.98 Å². The largest absolute Gasteiger partial charge is 0.507 e. The van der Waals surface area contributed by atoms with Crippen LogP contribution in [0, 0.1) is 17.0 Å². The van der Waals surface area contributed by atoms with Gasteiger partial charge in [0.05, 0.1) is 16.5 Å². The lowest BCUT2D eigenvalue weighted by atomic mass is 9.96. The molecule has 1 aromatic heterocycles. The van der Waals surface area contributed by atoms with Crippen molar-refractivity contribution in [2.45, 2.75) is 13.0 Å². The molecule has 1 atom stereocenters. The molecule has 1 aliphatic rings. The Morgan fingerprint density at radius 3 is 2.59 bits per heavy atom. The minimum absolute atomic E-state index is 0.0499. The zero-order valence-corrected chi connectivity index (χ0v) is 17.5. The van der Waals surface area contributed by atoms with E-state index in [4.69, 9.17) is 11.6 Å². The lowest BCUT2D eigenvalue weighted by Crippen LogP contribution is -2.30. The molecule has 8 nitrogen and oxygen atoms in total. The Bertz CT molecular complexity index is 1290. The zero-order valence-electron chi connectivity index (χ0n) is 16.7. The Kier molecular flexibility index (Phi) is 5.46. The van der Waals surface area contributed by atoms with Gasteiger partial charge in [-0.25, -0.2) is 0 Å². The monoisotopic (exact) mass is 449 g/mol. The summed E-state index contributed by atoms with van der Waals surface area (Å²) in [5.74, 6) is -2.28. The van der Waals surface area contributed by atoms with Gasteiger partial charge in [0.15, 0.2) is 0 Å². The van der Waals surface area contributed by atoms with E-state index < -0.39 is 28.4 Å². The third-order valence-electron chi connectivity index (χ3n) is 5.27. The van der Waals surface area contributed by atoms with Crippen molar-refractivity contribution in [1.82, 2.24) is 4.98 Å². The number of non-ortho nitro benzene ring substituents is 1. The van der Waals surface area contributed by atoms with E-state index in [0.29, 0.717) is 21.8 Å². The van der Waals surface area contributed by atoms with Crippen LogP contribution in [0.3, 0.4) is 0 Å². The summed E-state index contributed by atoms with van der Waals surface area (Å²) in [7, 11) is 0. The first-order chi connectivity index (χ1) is 15.3. The molecular formula is C23H16ClN3O5. The number of nitro groups is 1. The quantitative estimate of drug-likeness (QED) is 0.205. The standard InChI is InChI=1S/C23H16ClN3O5/c1-13-17(24)8-3-9-18(13)26-20(15-6-4-10-25-12-15)19(22(29)23(26)30)21(28)14-5-2-7-16(11-14)27(31)32/h2-12,20,28H,1H3/b21-19+. The molecule has 3 aromatic rings. The molecule has 0 spiro atoms. The average molecular weight is 450 g/mol. The van der Waals surface area contributed by atoms with Crippen LogP contribution in [0.2, 0.25) is 5.02 Å². The summed E-state index contributed by atoms with van der Waals surface area (Å²) in [6.07, 6.45) is 3.03. The molecule has 0 saturated carbocycles. The smallest absolute Gasteiger partial charge is 0.300 e. The number of aliphatic hydroxyl groups excluding tert-OH is 1. The number of nitrogens with zero attached hydrogens (tertiary/aromatic N) is 3. The van der Waals surface area contributed by atoms with Crippen molar-refractivity contribution in [2.24, 2.45) is 0 Å². The van der Waals surface area contributed by atoms with Crippen LogP contribution in [0.1, 0.15) is 22.7 Å². The van der Waals surface area contributed by atoms with Crippen LogP contribution >= 0.6 is 11.6 Å². The number of nitro benzene ring substituents is 1. The van der Waals surface area contributed by atoms with E-state index in [1.165, 1.54) is 29.3 Å². The summed E-state index contributed by atoms with van der Waals surface area (Å²) >= 11 is 6.25. The van der Waals surface area contributed by atoms with E-state index >= 15 is 0 Å². The topological polar surface area (TPSA) is 114 Å². The third kappa shape index (κ3) is 3.50. The molecule has 4 rings (SSSR count). The molecule has 0 aliphatic carbocycles. The SMILES string of the molecule is Cc1c(Cl)cccc1N1C(=O)C(=O)/C(=C(/O)c2cccc([N+](=O)[O-])c2)C1c1cccnc1. The Balaban J connectivity index is 1.98. The molecule has 1 unspecified atom stereocenters. The van der Waals surface area contributed by atoms with Gasteiger partial charge in [-0.05, 0) is 36.2 Å². The van der Waals surface area contributed by atoms with Gasteiger partial charge in [-0.15, -0.1) is 0 Å². The number of benzene rings is 2. The highest BCUT2D eigenvalue weighted by molar-refractivity contribution is 6.52. The van der Waals surface area contributed by atoms with Crippen molar-refractivity contribution in [2.75, 3.05) is 4.90 Å². The minimum atomic E-state index is -1.000. The van der Waals surface area contributed by atoms with Crippen molar-refractivity contribution in [3.05, 3.63) is 104 Å². The minimum Gasteiger partial charge on any atom is -0.507 e. The number of hydrogen-bond donors (Lipinski definition) is 1. The fraction of sp³-hybridized carbons (Fsp3) is 0.0870. The number of Topliss-reactive ketones (excluding diaryl/α,β-unsaturated/α-hetero) is 1. The maximum atomic E-state index is 13.1. The Morgan fingerprint density at radius 1 is 1.16 bits per heavy atom. The molecule has 1 saturated heterocycles. The van der Waals surface area contributed by atoms with Crippen molar-refractivity contribution in [3.8, 4) is 0 Å². The fourth-order valence-electron chi connectivity index (χ4n) is 3.71. The maximum absolute atomic E-state index is 13.1. The van der Waals surface area contributed by atoms with Crippen LogP contribution < -0.4 is 4.90 Å². The number of ketones is 1. The molecule has 0 radical (unpaired) electrons. The van der Waals surface area contributed by atoms with Gasteiger partial charge in [0.1, 0.15) is 5.76 Å². The number of aromatic nitrogens is 1. The first-order valence-corrected chi connectivity index (χ1v) is 9.90. The molecule has 1 N–H and O–H groups in total. The third-order valence-corrected chi connectivity index (χ3v) is 5.68. The van der Waals surface area contributed by atoms with E-state index in [1.807, 2.05) is 0 Å². The van der Waals surface area contributed by atoms with E-state index in [-0.39, 0.29) is 16.8 Å². The van der Waals surface area contributed by atoms with Gasteiger partial charge in [0, 0.05) is 40.8 Å². The highest BCUT2D eigenvalue weighted by Gasteiger charge is 2.47. The summed E-state index contributed by atoms with van der Waals surface area (Å²) in [4.78, 5) is 42.1. The van der Waals surface area contributed by atoms with Crippen molar-refractivity contribution < 1.29 is 19.6 Å². The Labute approximate surface area is 187 Å². The summed E-state index contributed by atoms with van der Waals surface area (Å²) in [6.45, 7) is 1.72. The van der Waals surface area contributed by atoms with Gasteiger partial charge in [-0.1, -0.05) is 35.9 Å². The van der Waals surface area contributed by atoms with Crippen LogP contribution in [-0.4, -0.2) is 26.7 Å². The number of hydrogen-bond acceptors (Lipinski definition) is 6. The first kappa shape index (κ1) is 21.2. The van der Waals surface area contributed by atoms with Crippen molar-refractivity contribution >= 4 is 40.4 Å². The van der Waals surface area contributed by atoms with E-state index in [1.54, 1.807) is 43.5 Å². The van der Waals surface area contributed by atoms with Crippen LogP contribution in [0.15, 0.2) is 72.6 Å². The molecule has 1 aliphatic heterocycles. The van der Waals surface area contributed by atoms with Gasteiger partial charge in [-0.3, -0.25) is 29.6 Å². The number of pyridine rings is 1. The van der Waals surface area contributed by atoms with Crippen molar-refractivity contribution in [3.63, 3.8) is 0 Å². The molecule has 32 heavy (non-hydrogen) atoms. The van der Waals surface area contributed by atoms with Gasteiger partial charge < -0.3 is 5.11 Å². The lowest BCUT2D eigenvalue weighted by Gasteiger charge is -2.26. The van der Waals surface area contributed by atoms with Crippen LogP contribution in [0.4, 0.5) is 11.4 Å². The number of amides is 1. The summed E-state index contributed by atoms with van der Waals surface area (Å²) < 4.78 is 0. The van der Waals surface area contributed by atoms with E-state index in [9.17, 15) is 24.8 Å². The predicted molar refractivity (Wildman–Crippen MR) is 118 cm³/mol. The predicted octanol–water partition coefficient (Wildman–Crippen LogP) is 4.58. The van der Waals surface area contributed by atoms with E-state index in [0.717, 1.165) is 6.07 Å². The van der Waals surface area contributed by atoms with Gasteiger partial charge in [0.25, 0.3) is 17.4 Å². The maximum Gasteiger partial charge on any atom is 0.300 e. The highest BCUT2D eigenvalue weighted by Crippen LogP contribution is 2.43. The van der Waals surface area contributed by atoms with Gasteiger partial charge in [0.2, 0.25) is 0 Å². The number of anilines is 1. The second-order valence-corrected chi connectivity index (χ2v) is 7.55. The molecule has 160 valence electrons. The normalized spacial score (nSPS) is 17.6. The second-order valence-electron chi connectivity index (χ2n) is 7.15. The number of carbonyl (C=O) groups is 2. The molecule has 1 amide bonds. The number of halogens is 1. The first-order valence-electron chi connectivity index (χ1n) is 9.52.